The molecule has 17 heteroatoms. The minimum atomic E-state index is -4.65. The maximum absolute atomic E-state index is 14.3. The normalized spacial score (nSPS) is 18.5. The number of hydrogen-bond donors (Lipinski definition) is 2. The number of benzene rings is 1. The van der Waals surface area contributed by atoms with Gasteiger partial charge in [0, 0.05) is 37.6 Å². The molecule has 2 aliphatic heterocycles. The first kappa shape index (κ1) is 33.9. The molecule has 0 spiro atoms. The summed E-state index contributed by atoms with van der Waals surface area (Å²) in [5, 5.41) is 9.87. The molecule has 50 heavy (non-hydrogen) atoms. The number of aromatic nitrogens is 6. The van der Waals surface area contributed by atoms with Crippen molar-refractivity contribution in [2.45, 2.75) is 71.3 Å². The number of piperazine rings is 1. The van der Waals surface area contributed by atoms with E-state index in [1.54, 1.807) is 15.4 Å². The minimum Gasteiger partial charge on any atom is -0.377 e. The van der Waals surface area contributed by atoms with E-state index in [-0.39, 0.29) is 46.8 Å². The summed E-state index contributed by atoms with van der Waals surface area (Å²) < 4.78 is 50.3. The van der Waals surface area contributed by atoms with Crippen LogP contribution in [0.2, 0.25) is 5.02 Å². The number of hydrogen-bond acceptors (Lipinski definition) is 8. The van der Waals surface area contributed by atoms with Gasteiger partial charge in [-0.15, -0.1) is 5.10 Å². The van der Waals surface area contributed by atoms with Crippen molar-refractivity contribution in [2.24, 2.45) is 0 Å². The van der Waals surface area contributed by atoms with E-state index in [9.17, 15) is 27.6 Å². The van der Waals surface area contributed by atoms with Crippen LogP contribution in [0, 0.1) is 6.92 Å². The number of aryl methyl sites for hydroxylation is 1. The number of nitrogens with one attached hydrogen (secondary N) is 2. The first-order valence-electron chi connectivity index (χ1n) is 16.6. The fraction of sp³-hybridized carbons (Fsp3) is 0.485. The molecule has 1 atom stereocenters. The number of anilines is 3. The fourth-order valence-corrected chi connectivity index (χ4v) is 7.14. The molecule has 0 radical (unpaired) electrons. The zero-order valence-electron chi connectivity index (χ0n) is 27.8. The van der Waals surface area contributed by atoms with Gasteiger partial charge in [-0.05, 0) is 62.8 Å². The molecule has 2 fully saturated rings. The van der Waals surface area contributed by atoms with E-state index < -0.39 is 22.7 Å². The molecule has 266 valence electrons. The van der Waals surface area contributed by atoms with Gasteiger partial charge in [0.25, 0.3) is 11.1 Å². The van der Waals surface area contributed by atoms with Gasteiger partial charge in [-0.1, -0.05) is 24.6 Å². The number of nitrogens with zero attached hydrogens (tertiary/aromatic N) is 7. The van der Waals surface area contributed by atoms with Gasteiger partial charge in [-0.25, -0.2) is 4.68 Å². The number of ether oxygens (including phenoxy) is 1. The van der Waals surface area contributed by atoms with Gasteiger partial charge in [0.05, 0.1) is 35.5 Å². The van der Waals surface area contributed by atoms with Crippen LogP contribution >= 0.6 is 11.6 Å². The molecular weight excluding hydrogens is 679 g/mol. The van der Waals surface area contributed by atoms with Gasteiger partial charge in [-0.3, -0.25) is 14.4 Å². The maximum atomic E-state index is 14.3. The van der Waals surface area contributed by atoms with E-state index in [0.717, 1.165) is 30.5 Å². The number of H-pyrrole nitrogens is 1. The predicted molar refractivity (Wildman–Crippen MR) is 182 cm³/mol. The molecule has 1 saturated heterocycles. The van der Waals surface area contributed by atoms with Crippen LogP contribution in [0.15, 0.2) is 34.0 Å². The van der Waals surface area contributed by atoms with E-state index >= 15 is 0 Å². The van der Waals surface area contributed by atoms with Gasteiger partial charge in [-0.2, -0.15) is 22.7 Å². The highest BCUT2D eigenvalue weighted by Crippen LogP contribution is 2.38. The van der Waals surface area contributed by atoms with Crippen molar-refractivity contribution in [3.05, 3.63) is 72.8 Å². The van der Waals surface area contributed by atoms with Crippen LogP contribution in [0.1, 0.15) is 61.8 Å². The number of fused-ring (bicyclic) bond motifs is 1. The molecule has 1 amide bonds. The Balaban J connectivity index is 1.25. The van der Waals surface area contributed by atoms with Crippen molar-refractivity contribution in [3.63, 3.8) is 0 Å². The Hall–Kier alpha value is -4.57. The lowest BCUT2D eigenvalue weighted by Gasteiger charge is -2.41. The molecule has 5 heterocycles. The van der Waals surface area contributed by atoms with Crippen molar-refractivity contribution in [3.8, 4) is 0 Å². The summed E-state index contributed by atoms with van der Waals surface area (Å²) in [4.78, 5) is 49.8. The van der Waals surface area contributed by atoms with E-state index in [4.69, 9.17) is 21.3 Å². The van der Waals surface area contributed by atoms with Crippen molar-refractivity contribution in [1.29, 1.82) is 0 Å². The Morgan fingerprint density at radius 1 is 1.18 bits per heavy atom. The summed E-state index contributed by atoms with van der Waals surface area (Å²) in [5.41, 5.74) is 1.21. The molecule has 3 aliphatic rings. The molecular formula is C33H37ClF3N9O4. The lowest BCUT2D eigenvalue weighted by molar-refractivity contribution is -0.137. The third-order valence-corrected chi connectivity index (χ3v) is 9.86. The van der Waals surface area contributed by atoms with Crippen molar-refractivity contribution in [2.75, 3.05) is 48.0 Å². The summed E-state index contributed by atoms with van der Waals surface area (Å²) >= 11 is 5.97. The summed E-state index contributed by atoms with van der Waals surface area (Å²) in [6, 6.07) is 2.06. The lowest BCUT2D eigenvalue weighted by atomic mass is 10.1. The molecule has 4 aromatic rings. The first-order chi connectivity index (χ1) is 23.8. The van der Waals surface area contributed by atoms with Gasteiger partial charge in [0.2, 0.25) is 11.7 Å². The lowest BCUT2D eigenvalue weighted by Crippen LogP contribution is -2.54. The first-order valence-corrected chi connectivity index (χ1v) is 17.0. The molecule has 7 rings (SSSR count). The van der Waals surface area contributed by atoms with Crippen LogP contribution in [0.4, 0.5) is 30.2 Å². The number of alkyl halides is 3. The van der Waals surface area contributed by atoms with E-state index in [1.165, 1.54) is 11.4 Å². The number of halogens is 4. The number of rotatable bonds is 8. The Morgan fingerprint density at radius 2 is 1.96 bits per heavy atom. The van der Waals surface area contributed by atoms with Crippen LogP contribution in [0.25, 0.3) is 11.4 Å². The van der Waals surface area contributed by atoms with Crippen molar-refractivity contribution in [1.82, 2.24) is 28.9 Å². The molecule has 1 saturated carbocycles. The van der Waals surface area contributed by atoms with Crippen LogP contribution in [-0.2, 0) is 28.7 Å². The van der Waals surface area contributed by atoms with Crippen LogP contribution in [0.3, 0.4) is 0 Å². The van der Waals surface area contributed by atoms with Crippen LogP contribution < -0.4 is 26.2 Å². The average Bonchev–Trinajstić information content (AvgIpc) is 3.70. The third kappa shape index (κ3) is 6.19. The second-order valence-corrected chi connectivity index (χ2v) is 13.4. The van der Waals surface area contributed by atoms with Gasteiger partial charge < -0.3 is 29.5 Å². The topological polar surface area (TPSA) is 135 Å². The highest BCUT2D eigenvalue weighted by Gasteiger charge is 2.35. The van der Waals surface area contributed by atoms with E-state index in [0.29, 0.717) is 68.6 Å². The highest BCUT2D eigenvalue weighted by atomic mass is 35.5. The molecule has 0 bridgehead atoms. The minimum absolute atomic E-state index is 0.0565. The van der Waals surface area contributed by atoms with E-state index in [2.05, 4.69) is 15.5 Å². The molecule has 2 N–H and O–H groups in total. The Morgan fingerprint density at radius 3 is 2.62 bits per heavy atom. The largest absolute Gasteiger partial charge is 0.417 e. The molecule has 3 aromatic heterocycles. The maximum Gasteiger partial charge on any atom is 0.417 e. The Bertz CT molecular complexity index is 2130. The highest BCUT2D eigenvalue weighted by molar-refractivity contribution is 6.31. The zero-order valence-corrected chi connectivity index (χ0v) is 28.6. The summed E-state index contributed by atoms with van der Waals surface area (Å²) in [7, 11) is 0. The summed E-state index contributed by atoms with van der Waals surface area (Å²) in [6.45, 7) is 7.20. The summed E-state index contributed by atoms with van der Waals surface area (Å²) in [5.74, 6) is -0.0424. The zero-order chi connectivity index (χ0) is 35.5. The van der Waals surface area contributed by atoms with Crippen molar-refractivity contribution >= 4 is 45.9 Å². The standard InChI is InChI=1S/C33H37ClF3N9O4/c1-4-25-28(42-9-10-43(19(3)16-42)26-15-38-45(30(26)48)21-5-6-21)31(49)46-32(40-29(41-46)20-7-11-50-12-8-20)44(25)17-27(47)39-24-14-23(34)22(13-18(24)2)33(35,36)37/h7,13-15,19,21,38H,4-6,8-12,16-17H2,1-3H3,(H,39,47)/t19-/m1/s1. The second-order valence-electron chi connectivity index (χ2n) is 13.0. The fourth-order valence-electron chi connectivity index (χ4n) is 6.87. The van der Waals surface area contributed by atoms with Crippen LogP contribution in [0.5, 0.6) is 0 Å². The number of carbonyl (C=O) groups excluding carboxylic acids is 1. The number of carbonyl (C=O) groups is 1. The Labute approximate surface area is 289 Å². The number of amides is 1. The Kier molecular flexibility index (Phi) is 8.78. The molecule has 1 aromatic carbocycles. The van der Waals surface area contributed by atoms with Gasteiger partial charge in [0.1, 0.15) is 17.9 Å². The smallest absolute Gasteiger partial charge is 0.377 e. The molecule has 1 aliphatic carbocycles. The third-order valence-electron chi connectivity index (χ3n) is 9.55. The average molecular weight is 716 g/mol. The SMILES string of the molecule is CCc1c(N2CCN(c3c[nH]n(C4CC4)c3=O)[C@H](C)C2)c(=O)n2nc(C3=CCOCC3)nc2n1CC(=O)Nc1cc(Cl)c(C(F)(F)F)cc1C. The molecule has 0 unspecified atom stereocenters. The van der Waals surface area contributed by atoms with Crippen molar-refractivity contribution < 1.29 is 22.7 Å². The van der Waals surface area contributed by atoms with E-state index in [1.807, 2.05) is 29.7 Å². The monoisotopic (exact) mass is 715 g/mol. The molecule has 13 nitrogen and oxygen atoms in total. The predicted octanol–water partition coefficient (Wildman–Crippen LogP) is 4.42. The van der Waals surface area contributed by atoms with Gasteiger partial charge >= 0.3 is 6.18 Å². The number of aromatic amines is 1. The van der Waals surface area contributed by atoms with Crippen LogP contribution in [-0.4, -0.2) is 73.7 Å². The second kappa shape index (κ2) is 13.0. The van der Waals surface area contributed by atoms with Gasteiger partial charge in [0.15, 0.2) is 5.82 Å². The quantitative estimate of drug-likeness (QED) is 0.274. The summed E-state index contributed by atoms with van der Waals surface area (Å²) in [6.07, 6.45) is 1.81.